The van der Waals surface area contributed by atoms with Gasteiger partial charge in [0.2, 0.25) is 0 Å². The fourth-order valence-corrected chi connectivity index (χ4v) is 3.81. The molecule has 1 N–H and O–H groups in total. The van der Waals surface area contributed by atoms with Crippen LogP contribution in [0.15, 0.2) is 42.5 Å². The number of hydrogen-bond donors (Lipinski definition) is 1. The van der Waals surface area contributed by atoms with Crippen LogP contribution in [-0.4, -0.2) is 37.0 Å². The molecule has 0 bridgehead atoms. The summed E-state index contributed by atoms with van der Waals surface area (Å²) < 4.78 is 14.5. The molecule has 2 aromatic rings. The molecule has 124 valence electrons. The van der Waals surface area contributed by atoms with Crippen LogP contribution < -0.4 is 5.32 Å². The largest absolute Gasteiger partial charge is 0.338 e. The number of carbonyl (C=O) groups excluding carboxylic acids is 1. The summed E-state index contributed by atoms with van der Waals surface area (Å²) in [6.07, 6.45) is 0. The monoisotopic (exact) mass is 324 g/mol. The van der Waals surface area contributed by atoms with Crippen molar-refractivity contribution in [2.24, 2.45) is 11.8 Å². The van der Waals surface area contributed by atoms with E-state index in [4.69, 9.17) is 0 Å². The molecule has 2 fully saturated rings. The van der Waals surface area contributed by atoms with Gasteiger partial charge in [-0.2, -0.15) is 0 Å². The Morgan fingerprint density at radius 2 is 1.67 bits per heavy atom. The van der Waals surface area contributed by atoms with Gasteiger partial charge in [0, 0.05) is 26.2 Å². The van der Waals surface area contributed by atoms with Crippen molar-refractivity contribution in [2.75, 3.05) is 26.2 Å². The maximum Gasteiger partial charge on any atom is 0.256 e. The van der Waals surface area contributed by atoms with Gasteiger partial charge in [-0.05, 0) is 42.0 Å². The average molecular weight is 324 g/mol. The highest BCUT2D eigenvalue weighted by molar-refractivity contribution is 5.95. The molecule has 4 heteroatoms. The van der Waals surface area contributed by atoms with Gasteiger partial charge >= 0.3 is 0 Å². The number of nitrogens with zero attached hydrogens (tertiary/aromatic N) is 1. The minimum Gasteiger partial charge on any atom is -0.338 e. The second-order valence-corrected chi connectivity index (χ2v) is 6.95. The summed E-state index contributed by atoms with van der Waals surface area (Å²) in [5.41, 5.74) is 3.10. The zero-order valence-corrected chi connectivity index (χ0v) is 13.8. The Labute approximate surface area is 141 Å². The number of aryl methyl sites for hydroxylation is 1. The third-order valence-corrected chi connectivity index (χ3v) is 5.26. The third-order valence-electron chi connectivity index (χ3n) is 5.26. The Hall–Kier alpha value is -2.20. The molecule has 3 nitrogen and oxygen atoms in total. The van der Waals surface area contributed by atoms with Crippen molar-refractivity contribution >= 4 is 5.91 Å². The van der Waals surface area contributed by atoms with E-state index in [-0.39, 0.29) is 11.5 Å². The van der Waals surface area contributed by atoms with Crippen LogP contribution in [0.5, 0.6) is 0 Å². The standard InChI is InChI=1S/C20H21FN2O/c1-13-2-4-14(5-3-13)15-6-7-18(19(21)8-15)20(24)23-11-16-9-22-10-17(16)12-23/h2-8,16-17,22H,9-12H2,1H3/t16-,17+. The van der Waals surface area contributed by atoms with E-state index in [1.165, 1.54) is 11.6 Å². The van der Waals surface area contributed by atoms with Gasteiger partial charge in [-0.15, -0.1) is 0 Å². The molecule has 0 radical (unpaired) electrons. The van der Waals surface area contributed by atoms with E-state index in [1.54, 1.807) is 11.0 Å². The van der Waals surface area contributed by atoms with Crippen molar-refractivity contribution in [3.05, 3.63) is 59.4 Å². The summed E-state index contributed by atoms with van der Waals surface area (Å²) in [5.74, 6) is 0.415. The number of fused-ring (bicyclic) bond motifs is 1. The molecule has 0 saturated carbocycles. The molecule has 0 spiro atoms. The van der Waals surface area contributed by atoms with E-state index in [1.807, 2.05) is 37.3 Å². The maximum absolute atomic E-state index is 14.5. The van der Waals surface area contributed by atoms with Gasteiger partial charge in [0.15, 0.2) is 0 Å². The molecule has 1 amide bonds. The van der Waals surface area contributed by atoms with Gasteiger partial charge in [0.25, 0.3) is 5.91 Å². The highest BCUT2D eigenvalue weighted by Crippen LogP contribution is 2.29. The lowest BCUT2D eigenvalue weighted by molar-refractivity contribution is 0.0777. The molecule has 0 aromatic heterocycles. The lowest BCUT2D eigenvalue weighted by Gasteiger charge is -2.18. The van der Waals surface area contributed by atoms with E-state index < -0.39 is 5.82 Å². The molecule has 24 heavy (non-hydrogen) atoms. The van der Waals surface area contributed by atoms with Gasteiger partial charge in [-0.3, -0.25) is 4.79 Å². The number of likely N-dealkylation sites (tertiary alicyclic amines) is 1. The predicted molar refractivity (Wildman–Crippen MR) is 92.3 cm³/mol. The lowest BCUT2D eigenvalue weighted by atomic mass is 10.0. The summed E-state index contributed by atoms with van der Waals surface area (Å²) in [4.78, 5) is 14.5. The van der Waals surface area contributed by atoms with Gasteiger partial charge in [0.05, 0.1) is 5.56 Å². The average Bonchev–Trinajstić information content (AvgIpc) is 3.16. The van der Waals surface area contributed by atoms with Crippen molar-refractivity contribution in [1.29, 1.82) is 0 Å². The second kappa shape index (κ2) is 6.02. The van der Waals surface area contributed by atoms with Crippen LogP contribution in [0, 0.1) is 24.6 Å². The van der Waals surface area contributed by atoms with E-state index >= 15 is 0 Å². The summed E-state index contributed by atoms with van der Waals surface area (Å²) in [7, 11) is 0. The number of amides is 1. The zero-order chi connectivity index (χ0) is 16.7. The van der Waals surface area contributed by atoms with E-state index in [9.17, 15) is 9.18 Å². The van der Waals surface area contributed by atoms with Crippen LogP contribution >= 0.6 is 0 Å². The molecule has 2 saturated heterocycles. The van der Waals surface area contributed by atoms with Crippen LogP contribution in [0.4, 0.5) is 4.39 Å². The van der Waals surface area contributed by atoms with Crippen molar-refractivity contribution in [3.8, 4) is 11.1 Å². The number of nitrogens with one attached hydrogen (secondary N) is 1. The summed E-state index contributed by atoms with van der Waals surface area (Å²) in [5, 5.41) is 3.35. The maximum atomic E-state index is 14.5. The summed E-state index contributed by atoms with van der Waals surface area (Å²) in [6, 6.07) is 12.9. The van der Waals surface area contributed by atoms with Crippen LogP contribution in [0.25, 0.3) is 11.1 Å². The number of carbonyl (C=O) groups is 1. The number of rotatable bonds is 2. The molecule has 0 unspecified atom stereocenters. The molecule has 2 heterocycles. The van der Waals surface area contributed by atoms with E-state index in [2.05, 4.69) is 5.32 Å². The van der Waals surface area contributed by atoms with E-state index in [0.717, 1.165) is 37.3 Å². The second-order valence-electron chi connectivity index (χ2n) is 6.95. The minimum absolute atomic E-state index is 0.179. The Balaban J connectivity index is 1.56. The molecule has 4 rings (SSSR count). The van der Waals surface area contributed by atoms with Crippen molar-refractivity contribution in [1.82, 2.24) is 10.2 Å². The number of halogens is 1. The minimum atomic E-state index is -0.437. The van der Waals surface area contributed by atoms with Crippen molar-refractivity contribution in [3.63, 3.8) is 0 Å². The molecule has 0 aliphatic carbocycles. The first kappa shape index (κ1) is 15.3. The van der Waals surface area contributed by atoms with Gasteiger partial charge < -0.3 is 10.2 Å². The molecular weight excluding hydrogens is 303 g/mol. The van der Waals surface area contributed by atoms with Crippen LogP contribution in [0.3, 0.4) is 0 Å². The summed E-state index contributed by atoms with van der Waals surface area (Å²) in [6.45, 7) is 5.41. The third kappa shape index (κ3) is 2.71. The highest BCUT2D eigenvalue weighted by atomic mass is 19.1. The quantitative estimate of drug-likeness (QED) is 0.921. The fourth-order valence-electron chi connectivity index (χ4n) is 3.81. The molecule has 2 aliphatic heterocycles. The number of hydrogen-bond acceptors (Lipinski definition) is 2. The normalized spacial score (nSPS) is 22.7. The molecule has 2 atom stereocenters. The Morgan fingerprint density at radius 1 is 1.04 bits per heavy atom. The first-order chi connectivity index (χ1) is 11.6. The van der Waals surface area contributed by atoms with Crippen LogP contribution in [0.2, 0.25) is 0 Å². The molecule has 2 aromatic carbocycles. The van der Waals surface area contributed by atoms with Crippen LogP contribution in [0.1, 0.15) is 15.9 Å². The Morgan fingerprint density at radius 3 is 2.29 bits per heavy atom. The SMILES string of the molecule is Cc1ccc(-c2ccc(C(=O)N3C[C@H]4CNC[C@H]4C3)c(F)c2)cc1. The van der Waals surface area contributed by atoms with Crippen molar-refractivity contribution in [2.45, 2.75) is 6.92 Å². The smallest absolute Gasteiger partial charge is 0.256 e. The Kier molecular flexibility index (Phi) is 3.85. The highest BCUT2D eigenvalue weighted by Gasteiger charge is 2.38. The molecular formula is C20H21FN2O. The van der Waals surface area contributed by atoms with Gasteiger partial charge in [-0.1, -0.05) is 35.9 Å². The summed E-state index contributed by atoms with van der Waals surface area (Å²) >= 11 is 0. The van der Waals surface area contributed by atoms with Crippen molar-refractivity contribution < 1.29 is 9.18 Å². The lowest BCUT2D eigenvalue weighted by Crippen LogP contribution is -2.32. The van der Waals surface area contributed by atoms with E-state index in [0.29, 0.717) is 11.8 Å². The first-order valence-corrected chi connectivity index (χ1v) is 8.48. The number of benzene rings is 2. The Bertz CT molecular complexity index is 760. The fraction of sp³-hybridized carbons (Fsp3) is 0.350. The zero-order valence-electron chi connectivity index (χ0n) is 13.8. The first-order valence-electron chi connectivity index (χ1n) is 8.48. The molecule has 2 aliphatic rings. The van der Waals surface area contributed by atoms with Gasteiger partial charge in [0.1, 0.15) is 5.82 Å². The van der Waals surface area contributed by atoms with Crippen LogP contribution in [-0.2, 0) is 0 Å². The van der Waals surface area contributed by atoms with Gasteiger partial charge in [-0.25, -0.2) is 4.39 Å². The predicted octanol–water partition coefficient (Wildman–Crippen LogP) is 3.09. The topological polar surface area (TPSA) is 32.3 Å².